The molecule has 3 rings (SSSR count). The van der Waals surface area contributed by atoms with Crippen molar-refractivity contribution in [3.05, 3.63) is 47.5 Å². The van der Waals surface area contributed by atoms with E-state index >= 15 is 0 Å². The van der Waals surface area contributed by atoms with Crippen molar-refractivity contribution in [1.29, 1.82) is 0 Å². The Bertz CT molecular complexity index is 755. The van der Waals surface area contributed by atoms with E-state index in [1.165, 1.54) is 25.9 Å². The molecule has 0 unspecified atom stereocenters. The Labute approximate surface area is 155 Å². The minimum absolute atomic E-state index is 0.0815. The van der Waals surface area contributed by atoms with Crippen LogP contribution >= 0.6 is 0 Å². The van der Waals surface area contributed by atoms with E-state index < -0.39 is 0 Å². The molecule has 5 nitrogen and oxygen atoms in total. The second-order valence-corrected chi connectivity index (χ2v) is 6.76. The molecule has 1 N–H and O–H groups in total. The summed E-state index contributed by atoms with van der Waals surface area (Å²) in [4.78, 5) is 19.5. The predicted molar refractivity (Wildman–Crippen MR) is 104 cm³/mol. The van der Waals surface area contributed by atoms with Gasteiger partial charge in [-0.1, -0.05) is 24.3 Å². The molecule has 1 aromatic carbocycles. The van der Waals surface area contributed by atoms with E-state index in [1.54, 1.807) is 13.2 Å². The maximum Gasteiger partial charge on any atom is 0.251 e. The van der Waals surface area contributed by atoms with Gasteiger partial charge in [0.15, 0.2) is 0 Å². The number of nitrogens with one attached hydrogen (secondary N) is 1. The quantitative estimate of drug-likeness (QED) is 0.776. The molecule has 0 bridgehead atoms. The van der Waals surface area contributed by atoms with Gasteiger partial charge < -0.3 is 15.0 Å². The number of rotatable bonds is 7. The smallest absolute Gasteiger partial charge is 0.251 e. The summed E-state index contributed by atoms with van der Waals surface area (Å²) in [7, 11) is 1.57. The van der Waals surface area contributed by atoms with Gasteiger partial charge in [-0.15, -0.1) is 0 Å². The highest BCUT2D eigenvalue weighted by atomic mass is 16.5. The van der Waals surface area contributed by atoms with Gasteiger partial charge in [0.2, 0.25) is 5.88 Å². The lowest BCUT2D eigenvalue weighted by atomic mass is 10.0. The Morgan fingerprint density at radius 1 is 1.23 bits per heavy atom. The van der Waals surface area contributed by atoms with Gasteiger partial charge >= 0.3 is 0 Å². The van der Waals surface area contributed by atoms with Crippen molar-refractivity contribution in [3.8, 4) is 17.1 Å². The molecule has 0 radical (unpaired) electrons. The monoisotopic (exact) mass is 353 g/mol. The Morgan fingerprint density at radius 3 is 2.73 bits per heavy atom. The number of carbonyl (C=O) groups excluding carboxylic acids is 1. The molecule has 1 fully saturated rings. The van der Waals surface area contributed by atoms with E-state index in [4.69, 9.17) is 4.74 Å². The Morgan fingerprint density at radius 2 is 2.00 bits per heavy atom. The molecular weight excluding hydrogens is 326 g/mol. The average Bonchev–Trinajstić information content (AvgIpc) is 3.18. The third-order valence-electron chi connectivity index (χ3n) is 4.83. The number of pyridine rings is 1. The third-order valence-corrected chi connectivity index (χ3v) is 4.83. The number of aromatic nitrogens is 1. The van der Waals surface area contributed by atoms with Crippen LogP contribution in [0.15, 0.2) is 36.4 Å². The van der Waals surface area contributed by atoms with Gasteiger partial charge in [-0.05, 0) is 57.5 Å². The summed E-state index contributed by atoms with van der Waals surface area (Å²) < 4.78 is 5.30. The van der Waals surface area contributed by atoms with E-state index in [2.05, 4.69) is 15.2 Å². The highest BCUT2D eigenvalue weighted by molar-refractivity contribution is 5.95. The van der Waals surface area contributed by atoms with Crippen LogP contribution in [0.4, 0.5) is 0 Å². The molecule has 1 aliphatic heterocycles. The number of hydrogen-bond acceptors (Lipinski definition) is 4. The normalized spacial score (nSPS) is 14.4. The van der Waals surface area contributed by atoms with Gasteiger partial charge in [-0.25, -0.2) is 4.98 Å². The summed E-state index contributed by atoms with van der Waals surface area (Å²) in [5.41, 5.74) is 3.46. The number of nitrogens with zero attached hydrogens (tertiary/aromatic N) is 2. The maximum atomic E-state index is 12.6. The van der Waals surface area contributed by atoms with E-state index in [1.807, 2.05) is 37.3 Å². The maximum absolute atomic E-state index is 12.6. The van der Waals surface area contributed by atoms with Crippen LogP contribution in [0.1, 0.15) is 35.2 Å². The van der Waals surface area contributed by atoms with Crippen molar-refractivity contribution >= 4 is 5.91 Å². The summed E-state index contributed by atoms with van der Waals surface area (Å²) in [5.74, 6) is 0.370. The Balaban J connectivity index is 1.67. The SMILES string of the molecule is COc1cc(C(=O)NCCCN2CCCC2)cc(-c2ccccc2C)n1. The highest BCUT2D eigenvalue weighted by Crippen LogP contribution is 2.25. The molecule has 1 aromatic heterocycles. The van der Waals surface area contributed by atoms with Crippen molar-refractivity contribution in [2.45, 2.75) is 26.2 Å². The topological polar surface area (TPSA) is 54.5 Å². The summed E-state index contributed by atoms with van der Waals surface area (Å²) in [6, 6.07) is 11.5. The van der Waals surface area contributed by atoms with Crippen molar-refractivity contribution in [3.63, 3.8) is 0 Å². The van der Waals surface area contributed by atoms with E-state index in [9.17, 15) is 4.79 Å². The number of ether oxygens (including phenoxy) is 1. The van der Waals surface area contributed by atoms with Crippen LogP contribution in [0.25, 0.3) is 11.3 Å². The third kappa shape index (κ3) is 4.61. The van der Waals surface area contributed by atoms with Crippen molar-refractivity contribution in [1.82, 2.24) is 15.2 Å². The first-order valence-corrected chi connectivity index (χ1v) is 9.30. The number of carbonyl (C=O) groups is 1. The predicted octanol–water partition coefficient (Wildman–Crippen LogP) is 3.28. The van der Waals surface area contributed by atoms with Crippen LogP contribution in [0, 0.1) is 6.92 Å². The van der Waals surface area contributed by atoms with Gasteiger partial charge in [0.05, 0.1) is 12.8 Å². The standard InChI is InChI=1S/C21H27N3O2/c1-16-8-3-4-9-18(16)19-14-17(15-20(23-19)26-2)21(25)22-10-7-13-24-11-5-6-12-24/h3-4,8-9,14-15H,5-7,10-13H2,1-2H3,(H,22,25). The van der Waals surface area contributed by atoms with Crippen LogP contribution in [-0.4, -0.2) is 49.1 Å². The molecule has 1 saturated heterocycles. The Hall–Kier alpha value is -2.40. The number of aryl methyl sites for hydroxylation is 1. The molecule has 1 amide bonds. The lowest BCUT2D eigenvalue weighted by Gasteiger charge is -2.14. The van der Waals surface area contributed by atoms with E-state index in [0.717, 1.165) is 29.8 Å². The second kappa shape index (κ2) is 8.81. The minimum Gasteiger partial charge on any atom is -0.481 e. The van der Waals surface area contributed by atoms with Crippen molar-refractivity contribution < 1.29 is 9.53 Å². The number of benzene rings is 1. The number of amides is 1. The van der Waals surface area contributed by atoms with Crippen LogP contribution in [0.3, 0.4) is 0 Å². The van der Waals surface area contributed by atoms with Gasteiger partial charge in [0, 0.05) is 23.7 Å². The first-order valence-electron chi connectivity index (χ1n) is 9.30. The van der Waals surface area contributed by atoms with Crippen LogP contribution in [0.2, 0.25) is 0 Å². The fourth-order valence-corrected chi connectivity index (χ4v) is 3.35. The number of likely N-dealkylation sites (tertiary alicyclic amines) is 1. The van der Waals surface area contributed by atoms with Crippen LogP contribution < -0.4 is 10.1 Å². The lowest BCUT2D eigenvalue weighted by Crippen LogP contribution is -2.28. The summed E-state index contributed by atoms with van der Waals surface area (Å²) in [5, 5.41) is 3.02. The fourth-order valence-electron chi connectivity index (χ4n) is 3.35. The zero-order chi connectivity index (χ0) is 18.4. The fraction of sp³-hybridized carbons (Fsp3) is 0.429. The highest BCUT2D eigenvalue weighted by Gasteiger charge is 2.14. The average molecular weight is 353 g/mol. The number of hydrogen-bond donors (Lipinski definition) is 1. The van der Waals surface area contributed by atoms with E-state index in [-0.39, 0.29) is 5.91 Å². The largest absolute Gasteiger partial charge is 0.481 e. The first-order chi connectivity index (χ1) is 12.7. The zero-order valence-electron chi connectivity index (χ0n) is 15.6. The van der Waals surface area contributed by atoms with Crippen molar-refractivity contribution in [2.75, 3.05) is 33.3 Å². The first kappa shape index (κ1) is 18.4. The summed E-state index contributed by atoms with van der Waals surface area (Å²) in [6.45, 7) is 6.15. The molecule has 1 aliphatic rings. The molecule has 2 heterocycles. The minimum atomic E-state index is -0.0815. The van der Waals surface area contributed by atoms with Gasteiger partial charge in [0.25, 0.3) is 5.91 Å². The van der Waals surface area contributed by atoms with Gasteiger partial charge in [-0.3, -0.25) is 4.79 Å². The van der Waals surface area contributed by atoms with Crippen LogP contribution in [-0.2, 0) is 0 Å². The summed E-state index contributed by atoms with van der Waals surface area (Å²) >= 11 is 0. The van der Waals surface area contributed by atoms with Gasteiger partial charge in [0.1, 0.15) is 0 Å². The molecule has 26 heavy (non-hydrogen) atoms. The molecule has 0 saturated carbocycles. The molecule has 0 spiro atoms. The zero-order valence-corrected chi connectivity index (χ0v) is 15.6. The lowest BCUT2D eigenvalue weighted by molar-refractivity contribution is 0.0951. The number of methoxy groups -OCH3 is 1. The van der Waals surface area contributed by atoms with Crippen LogP contribution in [0.5, 0.6) is 5.88 Å². The van der Waals surface area contributed by atoms with Crippen molar-refractivity contribution in [2.24, 2.45) is 0 Å². The molecule has 5 heteroatoms. The van der Waals surface area contributed by atoms with E-state index in [0.29, 0.717) is 18.0 Å². The second-order valence-electron chi connectivity index (χ2n) is 6.76. The molecule has 2 aromatic rings. The van der Waals surface area contributed by atoms with Gasteiger partial charge in [-0.2, -0.15) is 0 Å². The molecule has 0 atom stereocenters. The molecule has 138 valence electrons. The summed E-state index contributed by atoms with van der Waals surface area (Å²) in [6.07, 6.45) is 3.56. The molecular formula is C21H27N3O2. The Kier molecular flexibility index (Phi) is 6.23. The molecule has 0 aliphatic carbocycles.